The topological polar surface area (TPSA) is 26.0 Å². The Kier molecular flexibility index (Phi) is 4.43. The Morgan fingerprint density at radius 2 is 1.86 bits per heavy atom. The van der Waals surface area contributed by atoms with E-state index >= 15 is 0 Å². The van der Waals surface area contributed by atoms with Gasteiger partial charge < -0.3 is 5.73 Å². The van der Waals surface area contributed by atoms with E-state index < -0.39 is 0 Å². The van der Waals surface area contributed by atoms with E-state index in [4.69, 9.17) is 17.3 Å². The van der Waals surface area contributed by atoms with Crippen molar-refractivity contribution in [2.75, 3.05) is 0 Å². The molecule has 1 aromatic rings. The fraction of sp³-hybridized carbons (Fsp3) is 0.500. The Bertz CT molecular complexity index is 268. The van der Waals surface area contributed by atoms with Gasteiger partial charge in [0.05, 0.1) is 0 Å². The van der Waals surface area contributed by atoms with Crippen LogP contribution in [0.15, 0.2) is 24.3 Å². The number of hydrogen-bond donors (Lipinski definition) is 1. The first-order valence-corrected chi connectivity index (χ1v) is 5.52. The monoisotopic (exact) mass is 211 g/mol. The van der Waals surface area contributed by atoms with Crippen molar-refractivity contribution < 1.29 is 0 Å². The lowest BCUT2D eigenvalue weighted by Gasteiger charge is -2.16. The average molecular weight is 212 g/mol. The maximum Gasteiger partial charge on any atom is 0.0406 e. The molecular formula is C12H18ClN. The minimum Gasteiger partial charge on any atom is -0.324 e. The SMILES string of the molecule is CCC(C)CC(N)c1ccc(Cl)cc1. The molecule has 0 bridgehead atoms. The van der Waals surface area contributed by atoms with E-state index in [1.54, 1.807) is 0 Å². The third-order valence-electron chi connectivity index (χ3n) is 2.65. The fourth-order valence-corrected chi connectivity index (χ4v) is 1.57. The Morgan fingerprint density at radius 3 is 2.36 bits per heavy atom. The minimum atomic E-state index is 0.141. The zero-order valence-corrected chi connectivity index (χ0v) is 9.59. The number of nitrogens with two attached hydrogens (primary N) is 1. The van der Waals surface area contributed by atoms with Crippen LogP contribution in [0.25, 0.3) is 0 Å². The van der Waals surface area contributed by atoms with Crippen LogP contribution in [0, 0.1) is 5.92 Å². The molecule has 0 saturated carbocycles. The lowest BCUT2D eigenvalue weighted by atomic mass is 9.95. The van der Waals surface area contributed by atoms with Crippen LogP contribution in [0.3, 0.4) is 0 Å². The van der Waals surface area contributed by atoms with E-state index in [0.29, 0.717) is 5.92 Å². The van der Waals surface area contributed by atoms with Crippen molar-refractivity contribution >= 4 is 11.6 Å². The summed E-state index contributed by atoms with van der Waals surface area (Å²) in [6.07, 6.45) is 2.22. The third kappa shape index (κ3) is 3.32. The lowest BCUT2D eigenvalue weighted by molar-refractivity contribution is 0.461. The lowest BCUT2D eigenvalue weighted by Crippen LogP contribution is -2.13. The second-order valence-corrected chi connectivity index (χ2v) is 4.34. The van der Waals surface area contributed by atoms with E-state index in [0.717, 1.165) is 11.4 Å². The van der Waals surface area contributed by atoms with Crippen molar-refractivity contribution in [1.82, 2.24) is 0 Å². The summed E-state index contributed by atoms with van der Waals surface area (Å²) in [5.74, 6) is 0.681. The van der Waals surface area contributed by atoms with Crippen LogP contribution >= 0.6 is 11.6 Å². The molecule has 0 fully saturated rings. The molecule has 14 heavy (non-hydrogen) atoms. The largest absolute Gasteiger partial charge is 0.324 e. The van der Waals surface area contributed by atoms with Gasteiger partial charge in [0.15, 0.2) is 0 Å². The molecule has 0 aromatic heterocycles. The molecule has 0 heterocycles. The molecule has 0 aliphatic carbocycles. The number of hydrogen-bond acceptors (Lipinski definition) is 1. The van der Waals surface area contributed by atoms with Gasteiger partial charge in [-0.25, -0.2) is 0 Å². The summed E-state index contributed by atoms with van der Waals surface area (Å²) >= 11 is 5.81. The maximum atomic E-state index is 6.08. The Hall–Kier alpha value is -0.530. The zero-order chi connectivity index (χ0) is 10.6. The second kappa shape index (κ2) is 5.38. The molecule has 0 saturated heterocycles. The van der Waals surface area contributed by atoms with Crippen molar-refractivity contribution in [3.63, 3.8) is 0 Å². The number of halogens is 1. The second-order valence-electron chi connectivity index (χ2n) is 3.91. The molecule has 0 aliphatic heterocycles. The standard InChI is InChI=1S/C12H18ClN/c1-3-9(2)8-12(14)10-4-6-11(13)7-5-10/h4-7,9,12H,3,8,14H2,1-2H3. The maximum absolute atomic E-state index is 6.08. The van der Waals surface area contributed by atoms with Crippen molar-refractivity contribution in [2.45, 2.75) is 32.7 Å². The van der Waals surface area contributed by atoms with Crippen LogP contribution in [0.5, 0.6) is 0 Å². The Labute approximate surface area is 91.3 Å². The molecule has 0 aliphatic rings. The van der Waals surface area contributed by atoms with Crippen LogP contribution < -0.4 is 5.73 Å². The molecule has 1 rings (SSSR count). The predicted octanol–water partition coefficient (Wildman–Crippen LogP) is 3.78. The average Bonchev–Trinajstić information content (AvgIpc) is 2.18. The Balaban J connectivity index is 2.60. The molecule has 2 unspecified atom stereocenters. The summed E-state index contributed by atoms with van der Waals surface area (Å²) in [5, 5.41) is 0.768. The molecule has 2 N–H and O–H groups in total. The first-order chi connectivity index (χ1) is 6.63. The van der Waals surface area contributed by atoms with Crippen LogP contribution in [-0.2, 0) is 0 Å². The normalized spacial score (nSPS) is 15.1. The highest BCUT2D eigenvalue weighted by Crippen LogP contribution is 2.21. The van der Waals surface area contributed by atoms with Crippen molar-refractivity contribution in [3.05, 3.63) is 34.9 Å². The van der Waals surface area contributed by atoms with Gasteiger partial charge in [-0.15, -0.1) is 0 Å². The van der Waals surface area contributed by atoms with Crippen molar-refractivity contribution in [2.24, 2.45) is 11.7 Å². The minimum absolute atomic E-state index is 0.141. The molecule has 2 heteroatoms. The van der Waals surface area contributed by atoms with Gasteiger partial charge in [0.25, 0.3) is 0 Å². The quantitative estimate of drug-likeness (QED) is 0.806. The summed E-state index contributed by atoms with van der Waals surface area (Å²) in [7, 11) is 0. The molecule has 1 nitrogen and oxygen atoms in total. The van der Waals surface area contributed by atoms with Crippen LogP contribution in [-0.4, -0.2) is 0 Å². The summed E-state index contributed by atoms with van der Waals surface area (Å²) in [6, 6.07) is 7.95. The van der Waals surface area contributed by atoms with Gasteiger partial charge in [-0.3, -0.25) is 0 Å². The molecular weight excluding hydrogens is 194 g/mol. The highest BCUT2D eigenvalue weighted by molar-refractivity contribution is 6.30. The van der Waals surface area contributed by atoms with Gasteiger partial charge in [-0.1, -0.05) is 44.0 Å². The smallest absolute Gasteiger partial charge is 0.0406 e. The third-order valence-corrected chi connectivity index (χ3v) is 2.90. The molecule has 2 atom stereocenters. The molecule has 0 spiro atoms. The van der Waals surface area contributed by atoms with E-state index in [1.807, 2.05) is 24.3 Å². The summed E-state index contributed by atoms with van der Waals surface area (Å²) < 4.78 is 0. The van der Waals surface area contributed by atoms with E-state index in [1.165, 1.54) is 12.0 Å². The van der Waals surface area contributed by atoms with Gasteiger partial charge in [0.2, 0.25) is 0 Å². The van der Waals surface area contributed by atoms with Crippen LogP contribution in [0.4, 0.5) is 0 Å². The first-order valence-electron chi connectivity index (χ1n) is 5.14. The van der Waals surface area contributed by atoms with E-state index in [-0.39, 0.29) is 6.04 Å². The molecule has 1 aromatic carbocycles. The van der Waals surface area contributed by atoms with Gasteiger partial charge in [-0.05, 0) is 30.0 Å². The number of rotatable bonds is 4. The number of benzene rings is 1. The van der Waals surface area contributed by atoms with Crippen LogP contribution in [0.2, 0.25) is 5.02 Å². The van der Waals surface area contributed by atoms with Crippen LogP contribution in [0.1, 0.15) is 38.3 Å². The van der Waals surface area contributed by atoms with E-state index in [9.17, 15) is 0 Å². The van der Waals surface area contributed by atoms with Crippen molar-refractivity contribution in [3.8, 4) is 0 Å². The first kappa shape index (κ1) is 11.5. The summed E-state index contributed by atoms with van der Waals surface area (Å²) in [6.45, 7) is 4.43. The highest BCUT2D eigenvalue weighted by Gasteiger charge is 2.09. The van der Waals surface area contributed by atoms with Crippen molar-refractivity contribution in [1.29, 1.82) is 0 Å². The van der Waals surface area contributed by atoms with Gasteiger partial charge in [0.1, 0.15) is 0 Å². The fourth-order valence-electron chi connectivity index (χ4n) is 1.45. The van der Waals surface area contributed by atoms with Gasteiger partial charge >= 0.3 is 0 Å². The van der Waals surface area contributed by atoms with E-state index in [2.05, 4.69) is 13.8 Å². The molecule has 78 valence electrons. The zero-order valence-electron chi connectivity index (χ0n) is 8.83. The molecule has 0 radical (unpaired) electrons. The van der Waals surface area contributed by atoms with Gasteiger partial charge in [0, 0.05) is 11.1 Å². The molecule has 0 amide bonds. The van der Waals surface area contributed by atoms with Gasteiger partial charge in [-0.2, -0.15) is 0 Å². The Morgan fingerprint density at radius 1 is 1.29 bits per heavy atom. The summed E-state index contributed by atoms with van der Waals surface area (Å²) in [5.41, 5.74) is 7.25. The summed E-state index contributed by atoms with van der Waals surface area (Å²) in [4.78, 5) is 0. The highest BCUT2D eigenvalue weighted by atomic mass is 35.5. The predicted molar refractivity (Wildman–Crippen MR) is 62.5 cm³/mol.